The van der Waals surface area contributed by atoms with Crippen LogP contribution in [0.4, 0.5) is 0 Å². The Labute approximate surface area is 101 Å². The lowest BCUT2D eigenvalue weighted by Crippen LogP contribution is -2.06. The van der Waals surface area contributed by atoms with Crippen LogP contribution in [0.2, 0.25) is 0 Å². The van der Waals surface area contributed by atoms with E-state index in [2.05, 4.69) is 4.98 Å². The monoisotopic (exact) mass is 259 g/mol. The molecule has 96 valence electrons. The van der Waals surface area contributed by atoms with E-state index < -0.39 is 15.9 Å². The van der Waals surface area contributed by atoms with E-state index in [0.717, 1.165) is 0 Å². The summed E-state index contributed by atoms with van der Waals surface area (Å²) in [6.45, 7) is 0. The van der Waals surface area contributed by atoms with E-state index in [-0.39, 0.29) is 5.75 Å². The van der Waals surface area contributed by atoms with Gasteiger partial charge in [0.25, 0.3) is 0 Å². The number of aliphatic hydroxyl groups is 1. The lowest BCUT2D eigenvalue weighted by atomic mass is 10.1. The highest BCUT2D eigenvalue weighted by molar-refractivity contribution is 7.90. The van der Waals surface area contributed by atoms with Crippen molar-refractivity contribution in [2.45, 2.75) is 18.9 Å². The third-order valence-corrected chi connectivity index (χ3v) is 3.38. The van der Waals surface area contributed by atoms with Crippen LogP contribution in [0.25, 0.3) is 0 Å². The number of hydrogen-bond acceptors (Lipinski definition) is 5. The van der Waals surface area contributed by atoms with Crippen molar-refractivity contribution in [2.24, 2.45) is 0 Å². The summed E-state index contributed by atoms with van der Waals surface area (Å²) in [6.07, 6.45) is 2.88. The maximum Gasteiger partial charge on any atom is 0.212 e. The van der Waals surface area contributed by atoms with Gasteiger partial charge in [-0.3, -0.25) is 0 Å². The molecule has 0 fully saturated rings. The number of methoxy groups -OCH3 is 1. The van der Waals surface area contributed by atoms with Gasteiger partial charge in [0.05, 0.1) is 13.2 Å². The van der Waals surface area contributed by atoms with E-state index in [1.165, 1.54) is 19.6 Å². The Kier molecular flexibility index (Phi) is 4.89. The predicted octanol–water partition coefficient (Wildman–Crippen LogP) is 0.948. The third-order valence-electron chi connectivity index (χ3n) is 2.35. The zero-order chi connectivity index (χ0) is 12.9. The van der Waals surface area contributed by atoms with Gasteiger partial charge in [0.2, 0.25) is 5.88 Å². The van der Waals surface area contributed by atoms with Crippen LogP contribution in [0.15, 0.2) is 18.3 Å². The predicted molar refractivity (Wildman–Crippen MR) is 64.7 cm³/mol. The molecule has 1 atom stereocenters. The smallest absolute Gasteiger partial charge is 0.212 e. The molecule has 17 heavy (non-hydrogen) atoms. The second kappa shape index (κ2) is 5.97. The van der Waals surface area contributed by atoms with Crippen LogP contribution in [0.1, 0.15) is 24.5 Å². The zero-order valence-electron chi connectivity index (χ0n) is 9.96. The highest BCUT2D eigenvalue weighted by Gasteiger charge is 2.10. The molecule has 0 amide bonds. The molecule has 0 spiro atoms. The molecule has 1 heterocycles. The summed E-state index contributed by atoms with van der Waals surface area (Å²) in [5.41, 5.74) is 0.666. The molecule has 5 nitrogen and oxygen atoms in total. The fraction of sp³-hybridized carbons (Fsp3) is 0.545. The number of pyridine rings is 1. The first kappa shape index (κ1) is 13.9. The lowest BCUT2D eigenvalue weighted by molar-refractivity contribution is 0.166. The molecule has 0 aromatic carbocycles. The van der Waals surface area contributed by atoms with Gasteiger partial charge >= 0.3 is 0 Å². The molecule has 0 saturated heterocycles. The van der Waals surface area contributed by atoms with Crippen molar-refractivity contribution in [3.05, 3.63) is 23.9 Å². The minimum Gasteiger partial charge on any atom is -0.481 e. The van der Waals surface area contributed by atoms with Gasteiger partial charge in [0.1, 0.15) is 9.84 Å². The Morgan fingerprint density at radius 2 is 2.18 bits per heavy atom. The van der Waals surface area contributed by atoms with Gasteiger partial charge in [-0.2, -0.15) is 0 Å². The molecule has 6 heteroatoms. The Hall–Kier alpha value is -1.14. The molecule has 0 aliphatic heterocycles. The number of sulfone groups is 1. The first-order valence-electron chi connectivity index (χ1n) is 5.28. The van der Waals surface area contributed by atoms with Gasteiger partial charge in [0, 0.05) is 24.3 Å². The van der Waals surface area contributed by atoms with Crippen molar-refractivity contribution in [3.63, 3.8) is 0 Å². The minimum absolute atomic E-state index is 0.0909. The van der Waals surface area contributed by atoms with Crippen LogP contribution in [0.5, 0.6) is 5.88 Å². The highest BCUT2D eigenvalue weighted by atomic mass is 32.2. The summed E-state index contributed by atoms with van der Waals surface area (Å²) in [7, 11) is -1.44. The van der Waals surface area contributed by atoms with Crippen LogP contribution in [0, 0.1) is 0 Å². The summed E-state index contributed by atoms with van der Waals surface area (Å²) in [5, 5.41) is 9.81. The van der Waals surface area contributed by atoms with Crippen LogP contribution >= 0.6 is 0 Å². The van der Waals surface area contributed by atoms with E-state index in [1.54, 1.807) is 12.1 Å². The number of hydrogen-bond donors (Lipinski definition) is 1. The number of aliphatic hydroxyl groups excluding tert-OH is 1. The second-order valence-corrected chi connectivity index (χ2v) is 6.18. The van der Waals surface area contributed by atoms with Crippen molar-refractivity contribution in [1.82, 2.24) is 4.98 Å². The molecular weight excluding hydrogens is 242 g/mol. The van der Waals surface area contributed by atoms with Crippen molar-refractivity contribution < 1.29 is 18.3 Å². The summed E-state index contributed by atoms with van der Waals surface area (Å²) in [6, 6.07) is 3.38. The SMILES string of the molecule is COc1ccc(C(O)CCCS(C)(=O)=O)cn1. The Morgan fingerprint density at radius 3 is 2.65 bits per heavy atom. The zero-order valence-corrected chi connectivity index (χ0v) is 10.8. The molecule has 0 bridgehead atoms. The Morgan fingerprint density at radius 1 is 1.47 bits per heavy atom. The van der Waals surface area contributed by atoms with Crippen molar-refractivity contribution in [1.29, 1.82) is 0 Å². The molecule has 1 unspecified atom stereocenters. The van der Waals surface area contributed by atoms with Gasteiger partial charge in [-0.25, -0.2) is 13.4 Å². The summed E-state index contributed by atoms with van der Waals surface area (Å²) in [5.74, 6) is 0.574. The molecular formula is C11H17NO4S. The van der Waals surface area contributed by atoms with E-state index >= 15 is 0 Å². The van der Waals surface area contributed by atoms with Crippen LogP contribution in [-0.4, -0.2) is 37.6 Å². The Balaban J connectivity index is 2.49. The van der Waals surface area contributed by atoms with Gasteiger partial charge < -0.3 is 9.84 Å². The summed E-state index contributed by atoms with van der Waals surface area (Å²) < 4.78 is 26.7. The maximum atomic E-state index is 10.9. The van der Waals surface area contributed by atoms with E-state index in [9.17, 15) is 13.5 Å². The average Bonchev–Trinajstić information content (AvgIpc) is 2.27. The van der Waals surface area contributed by atoms with E-state index in [4.69, 9.17) is 4.74 Å². The lowest BCUT2D eigenvalue weighted by Gasteiger charge is -2.10. The summed E-state index contributed by atoms with van der Waals surface area (Å²) in [4.78, 5) is 3.97. The van der Waals surface area contributed by atoms with Crippen LogP contribution in [0.3, 0.4) is 0 Å². The molecule has 1 N–H and O–H groups in total. The topological polar surface area (TPSA) is 76.5 Å². The third kappa shape index (κ3) is 5.14. The maximum absolute atomic E-state index is 10.9. The van der Waals surface area contributed by atoms with E-state index in [0.29, 0.717) is 24.3 Å². The van der Waals surface area contributed by atoms with Crippen molar-refractivity contribution in [3.8, 4) is 5.88 Å². The normalized spacial score (nSPS) is 13.4. The van der Waals surface area contributed by atoms with Crippen LogP contribution < -0.4 is 4.74 Å². The largest absolute Gasteiger partial charge is 0.481 e. The molecule has 0 radical (unpaired) electrons. The van der Waals surface area contributed by atoms with Gasteiger partial charge in [-0.05, 0) is 24.5 Å². The fourth-order valence-electron chi connectivity index (χ4n) is 1.42. The molecule has 0 aliphatic carbocycles. The van der Waals surface area contributed by atoms with Crippen molar-refractivity contribution >= 4 is 9.84 Å². The molecule has 0 saturated carbocycles. The number of nitrogens with zero attached hydrogens (tertiary/aromatic N) is 1. The average molecular weight is 259 g/mol. The second-order valence-electron chi connectivity index (χ2n) is 3.92. The molecule has 0 aliphatic rings. The van der Waals surface area contributed by atoms with E-state index in [1.807, 2.05) is 0 Å². The quantitative estimate of drug-likeness (QED) is 0.823. The first-order valence-corrected chi connectivity index (χ1v) is 7.34. The highest BCUT2D eigenvalue weighted by Crippen LogP contribution is 2.19. The molecule has 1 rings (SSSR count). The number of rotatable bonds is 6. The number of aromatic nitrogens is 1. The first-order chi connectivity index (χ1) is 7.92. The Bertz CT molecular complexity index is 441. The fourth-order valence-corrected chi connectivity index (χ4v) is 2.11. The molecule has 1 aromatic heterocycles. The van der Waals surface area contributed by atoms with Crippen LogP contribution in [-0.2, 0) is 9.84 Å². The van der Waals surface area contributed by atoms with Gasteiger partial charge in [-0.1, -0.05) is 0 Å². The summed E-state index contributed by atoms with van der Waals surface area (Å²) >= 11 is 0. The van der Waals surface area contributed by atoms with Gasteiger partial charge in [-0.15, -0.1) is 0 Å². The number of ether oxygens (including phenoxy) is 1. The minimum atomic E-state index is -2.96. The van der Waals surface area contributed by atoms with Gasteiger partial charge in [0.15, 0.2) is 0 Å². The molecule has 1 aromatic rings. The van der Waals surface area contributed by atoms with Crippen molar-refractivity contribution in [2.75, 3.05) is 19.1 Å². The standard InChI is InChI=1S/C11H17NO4S/c1-16-11-6-5-9(8-12-11)10(13)4-3-7-17(2,14)15/h5-6,8,10,13H,3-4,7H2,1-2H3.